The second-order valence-electron chi connectivity index (χ2n) is 5.49. The molecular weight excluding hydrogens is 232 g/mol. The van der Waals surface area contributed by atoms with Crippen molar-refractivity contribution >= 4 is 0 Å². The maximum atomic E-state index is 10.3. The van der Waals surface area contributed by atoms with Crippen molar-refractivity contribution in [2.45, 2.75) is 31.8 Å². The third-order valence-corrected chi connectivity index (χ3v) is 4.19. The Morgan fingerprint density at radius 1 is 0.947 bits per heavy atom. The zero-order valence-electron chi connectivity index (χ0n) is 11.1. The first kappa shape index (κ1) is 12.4. The Morgan fingerprint density at radius 2 is 1.68 bits per heavy atom. The molecule has 0 heterocycles. The zero-order valence-corrected chi connectivity index (χ0v) is 11.1. The molecule has 1 aliphatic rings. The summed E-state index contributed by atoms with van der Waals surface area (Å²) in [6.45, 7) is 0. The summed E-state index contributed by atoms with van der Waals surface area (Å²) in [5, 5.41) is 10.3. The maximum Gasteiger partial charge on any atom is 0.0824 e. The van der Waals surface area contributed by atoms with E-state index in [-0.39, 0.29) is 6.10 Å². The van der Waals surface area contributed by atoms with Crippen LogP contribution in [-0.4, -0.2) is 5.11 Å². The van der Waals surface area contributed by atoms with Gasteiger partial charge in [-0.1, -0.05) is 54.6 Å². The summed E-state index contributed by atoms with van der Waals surface area (Å²) in [5.74, 6) is 0.404. The van der Waals surface area contributed by atoms with E-state index in [0.717, 1.165) is 31.2 Å². The lowest BCUT2D eigenvalue weighted by molar-refractivity contribution is 0.117. The lowest BCUT2D eigenvalue weighted by Gasteiger charge is -2.14. The van der Waals surface area contributed by atoms with E-state index < -0.39 is 0 Å². The van der Waals surface area contributed by atoms with Crippen LogP contribution in [0.15, 0.2) is 54.6 Å². The summed E-state index contributed by atoms with van der Waals surface area (Å²) in [6.07, 6.45) is 4.14. The van der Waals surface area contributed by atoms with E-state index in [1.54, 1.807) is 0 Å². The number of hydrogen-bond donors (Lipinski definition) is 1. The Hall–Kier alpha value is -1.60. The van der Waals surface area contributed by atoms with Gasteiger partial charge in [-0.2, -0.15) is 0 Å². The van der Waals surface area contributed by atoms with Crippen molar-refractivity contribution in [3.8, 4) is 0 Å². The Balaban J connectivity index is 1.55. The number of benzene rings is 2. The average Bonchev–Trinajstić information content (AvgIpc) is 2.78. The van der Waals surface area contributed by atoms with Crippen molar-refractivity contribution in [2.24, 2.45) is 5.92 Å². The summed E-state index contributed by atoms with van der Waals surface area (Å²) in [6, 6.07) is 18.9. The molecule has 0 spiro atoms. The van der Waals surface area contributed by atoms with Crippen molar-refractivity contribution in [3.63, 3.8) is 0 Å². The van der Waals surface area contributed by atoms with Gasteiger partial charge >= 0.3 is 0 Å². The van der Waals surface area contributed by atoms with Gasteiger partial charge in [-0.05, 0) is 48.3 Å². The zero-order chi connectivity index (χ0) is 13.1. The van der Waals surface area contributed by atoms with E-state index in [9.17, 15) is 5.11 Å². The summed E-state index contributed by atoms with van der Waals surface area (Å²) in [4.78, 5) is 0. The quantitative estimate of drug-likeness (QED) is 0.874. The van der Waals surface area contributed by atoms with Gasteiger partial charge in [0, 0.05) is 0 Å². The van der Waals surface area contributed by atoms with Crippen LogP contribution in [0.3, 0.4) is 0 Å². The molecule has 2 unspecified atom stereocenters. The van der Waals surface area contributed by atoms with Crippen LogP contribution in [0.4, 0.5) is 0 Å². The molecule has 0 aromatic heterocycles. The van der Waals surface area contributed by atoms with Crippen molar-refractivity contribution in [1.82, 2.24) is 0 Å². The summed E-state index contributed by atoms with van der Waals surface area (Å²) in [7, 11) is 0. The van der Waals surface area contributed by atoms with Crippen LogP contribution < -0.4 is 0 Å². The molecule has 3 rings (SSSR count). The van der Waals surface area contributed by atoms with Gasteiger partial charge in [0.1, 0.15) is 0 Å². The Bertz CT molecular complexity index is 532. The topological polar surface area (TPSA) is 20.2 Å². The van der Waals surface area contributed by atoms with Gasteiger partial charge in [0.15, 0.2) is 0 Å². The van der Waals surface area contributed by atoms with Crippen molar-refractivity contribution < 1.29 is 5.11 Å². The van der Waals surface area contributed by atoms with E-state index in [0.29, 0.717) is 5.92 Å². The highest BCUT2D eigenvalue weighted by atomic mass is 16.3. The van der Waals surface area contributed by atoms with Gasteiger partial charge in [0.25, 0.3) is 0 Å². The van der Waals surface area contributed by atoms with E-state index >= 15 is 0 Å². The third kappa shape index (κ3) is 2.71. The third-order valence-electron chi connectivity index (χ3n) is 4.19. The fourth-order valence-electron chi connectivity index (χ4n) is 3.13. The highest BCUT2D eigenvalue weighted by Crippen LogP contribution is 2.38. The van der Waals surface area contributed by atoms with Crippen molar-refractivity contribution in [2.75, 3.05) is 0 Å². The summed E-state index contributed by atoms with van der Waals surface area (Å²) < 4.78 is 0. The molecule has 98 valence electrons. The number of hydrogen-bond acceptors (Lipinski definition) is 1. The molecular formula is C18H20O. The molecule has 19 heavy (non-hydrogen) atoms. The fourth-order valence-corrected chi connectivity index (χ4v) is 3.13. The van der Waals surface area contributed by atoms with Crippen LogP contribution in [0.1, 0.15) is 35.6 Å². The molecule has 0 fully saturated rings. The highest BCUT2D eigenvalue weighted by molar-refractivity contribution is 5.34. The molecule has 0 saturated heterocycles. The number of aryl methyl sites for hydroxylation is 1. The minimum absolute atomic E-state index is 0.257. The van der Waals surface area contributed by atoms with Gasteiger partial charge in [-0.15, -0.1) is 0 Å². The summed E-state index contributed by atoms with van der Waals surface area (Å²) in [5.41, 5.74) is 3.87. The Labute approximate surface area is 114 Å². The van der Waals surface area contributed by atoms with E-state index in [2.05, 4.69) is 48.5 Å². The normalized spacial score (nSPS) is 21.3. The number of aliphatic hydroxyl groups excluding tert-OH is 1. The molecule has 0 aliphatic heterocycles. The standard InChI is InChI=1S/C18H20O/c19-18-16(13-15-10-4-5-12-17(15)18)11-6-9-14-7-2-1-3-8-14/h1-5,7-8,10,12,16,18-19H,6,9,11,13H2. The molecule has 0 radical (unpaired) electrons. The van der Waals surface area contributed by atoms with Gasteiger partial charge in [-0.25, -0.2) is 0 Å². The molecule has 1 aliphatic carbocycles. The smallest absolute Gasteiger partial charge is 0.0824 e. The minimum Gasteiger partial charge on any atom is -0.388 e. The Kier molecular flexibility index (Phi) is 3.65. The van der Waals surface area contributed by atoms with Crippen LogP contribution in [0, 0.1) is 5.92 Å². The second kappa shape index (κ2) is 5.58. The van der Waals surface area contributed by atoms with Crippen LogP contribution >= 0.6 is 0 Å². The van der Waals surface area contributed by atoms with Gasteiger partial charge in [-0.3, -0.25) is 0 Å². The first-order valence-corrected chi connectivity index (χ1v) is 7.14. The first-order valence-electron chi connectivity index (χ1n) is 7.14. The molecule has 2 atom stereocenters. The lowest BCUT2D eigenvalue weighted by atomic mass is 9.95. The van der Waals surface area contributed by atoms with Crippen LogP contribution in [0.5, 0.6) is 0 Å². The van der Waals surface area contributed by atoms with Gasteiger partial charge < -0.3 is 5.11 Å². The predicted molar refractivity (Wildman–Crippen MR) is 78.0 cm³/mol. The second-order valence-corrected chi connectivity index (χ2v) is 5.49. The molecule has 1 N–H and O–H groups in total. The van der Waals surface area contributed by atoms with E-state index in [1.807, 2.05) is 6.07 Å². The van der Waals surface area contributed by atoms with Crippen LogP contribution in [-0.2, 0) is 12.8 Å². The van der Waals surface area contributed by atoms with Crippen molar-refractivity contribution in [3.05, 3.63) is 71.3 Å². The lowest BCUT2D eigenvalue weighted by Crippen LogP contribution is -2.07. The SMILES string of the molecule is OC1c2ccccc2CC1CCCc1ccccc1. The van der Waals surface area contributed by atoms with Crippen LogP contribution in [0.25, 0.3) is 0 Å². The fraction of sp³-hybridized carbons (Fsp3) is 0.333. The molecule has 2 aromatic rings. The predicted octanol–water partition coefficient (Wildman–Crippen LogP) is 3.92. The first-order chi connectivity index (χ1) is 9.34. The van der Waals surface area contributed by atoms with E-state index in [4.69, 9.17) is 0 Å². The average molecular weight is 252 g/mol. The molecule has 1 heteroatoms. The van der Waals surface area contributed by atoms with Crippen molar-refractivity contribution in [1.29, 1.82) is 0 Å². The number of aliphatic hydroxyl groups is 1. The molecule has 0 amide bonds. The molecule has 2 aromatic carbocycles. The molecule has 1 nitrogen and oxygen atoms in total. The Morgan fingerprint density at radius 3 is 2.47 bits per heavy atom. The number of rotatable bonds is 4. The molecule has 0 bridgehead atoms. The monoisotopic (exact) mass is 252 g/mol. The van der Waals surface area contributed by atoms with E-state index in [1.165, 1.54) is 11.1 Å². The molecule has 0 saturated carbocycles. The largest absolute Gasteiger partial charge is 0.388 e. The number of fused-ring (bicyclic) bond motifs is 1. The maximum absolute atomic E-state index is 10.3. The summed E-state index contributed by atoms with van der Waals surface area (Å²) >= 11 is 0. The van der Waals surface area contributed by atoms with Gasteiger partial charge in [0.05, 0.1) is 6.10 Å². The highest BCUT2D eigenvalue weighted by Gasteiger charge is 2.29. The van der Waals surface area contributed by atoms with Gasteiger partial charge in [0.2, 0.25) is 0 Å². The van der Waals surface area contributed by atoms with Crippen LogP contribution in [0.2, 0.25) is 0 Å². The minimum atomic E-state index is -0.257.